The van der Waals surface area contributed by atoms with Crippen molar-refractivity contribution in [2.75, 3.05) is 13.7 Å². The zero-order valence-electron chi connectivity index (χ0n) is 14.5. The lowest BCUT2D eigenvalue weighted by Crippen LogP contribution is -2.52. The molecule has 0 aliphatic carbocycles. The molecule has 0 unspecified atom stereocenters. The van der Waals surface area contributed by atoms with Gasteiger partial charge in [0.2, 0.25) is 0 Å². The number of carbonyl (C=O) groups is 2. The Morgan fingerprint density at radius 2 is 2.08 bits per heavy atom. The summed E-state index contributed by atoms with van der Waals surface area (Å²) in [5, 5.41) is 1.58. The van der Waals surface area contributed by atoms with E-state index in [0.717, 1.165) is 12.0 Å². The number of rotatable bonds is 8. The molecule has 1 aliphatic heterocycles. The predicted molar refractivity (Wildman–Crippen MR) is 90.1 cm³/mol. The number of nitrogens with zero attached hydrogens (tertiary/aromatic N) is 1. The zero-order chi connectivity index (χ0) is 17.5. The normalized spacial score (nSPS) is 18.6. The molecular weight excluding hydrogens is 308 g/mol. The fourth-order valence-corrected chi connectivity index (χ4v) is 2.76. The maximum absolute atomic E-state index is 12.1. The number of nitrogens with one attached hydrogen (secondary N) is 1. The molecule has 1 aliphatic rings. The van der Waals surface area contributed by atoms with Crippen LogP contribution in [0.25, 0.3) is 0 Å². The third kappa shape index (κ3) is 4.96. The van der Waals surface area contributed by atoms with Gasteiger partial charge in [0.05, 0.1) is 13.2 Å². The number of hydrogen-bond donors (Lipinski definition) is 1. The van der Waals surface area contributed by atoms with Gasteiger partial charge in [-0.05, 0) is 24.3 Å². The van der Waals surface area contributed by atoms with Gasteiger partial charge >= 0.3 is 12.1 Å². The first-order valence-corrected chi connectivity index (χ1v) is 8.34. The van der Waals surface area contributed by atoms with E-state index in [9.17, 15) is 9.59 Å². The molecule has 24 heavy (non-hydrogen) atoms. The van der Waals surface area contributed by atoms with Crippen LogP contribution in [0.2, 0.25) is 0 Å². The Hall–Kier alpha value is -2.08. The van der Waals surface area contributed by atoms with Crippen molar-refractivity contribution in [3.63, 3.8) is 0 Å². The number of cyclic esters (lactones) is 1. The molecule has 1 heterocycles. The van der Waals surface area contributed by atoms with Gasteiger partial charge in [0.25, 0.3) is 0 Å². The van der Waals surface area contributed by atoms with Crippen molar-refractivity contribution in [2.45, 2.75) is 45.2 Å². The lowest BCUT2D eigenvalue weighted by Gasteiger charge is -2.30. The van der Waals surface area contributed by atoms with E-state index < -0.39 is 0 Å². The second-order valence-corrected chi connectivity index (χ2v) is 6.38. The van der Waals surface area contributed by atoms with Crippen molar-refractivity contribution in [1.29, 1.82) is 0 Å². The fourth-order valence-electron chi connectivity index (χ4n) is 2.76. The Balaban J connectivity index is 1.99. The minimum absolute atomic E-state index is 0.00646. The molecule has 1 N–H and O–H groups in total. The number of methoxy groups -OCH3 is 1. The highest BCUT2D eigenvalue weighted by atomic mass is 16.6. The van der Waals surface area contributed by atoms with E-state index in [1.807, 2.05) is 30.3 Å². The molecule has 0 spiro atoms. The molecule has 0 saturated carbocycles. The standard InChI is InChI=1S/C18H26N2O4/c1-13(2)16(9-10-17(21)23-3)19-20-15(12-24-18(20)22)11-14-7-5-4-6-8-14/h4-8,13,15-16,19H,9-12H2,1-3H3/t15-,16+/m0/s1. The molecule has 132 valence electrons. The lowest BCUT2D eigenvalue weighted by molar-refractivity contribution is -0.140. The van der Waals surface area contributed by atoms with Crippen molar-refractivity contribution in [3.8, 4) is 0 Å². The number of esters is 1. The molecule has 2 atom stereocenters. The number of hydrogen-bond acceptors (Lipinski definition) is 5. The first kappa shape index (κ1) is 18.3. The summed E-state index contributed by atoms with van der Waals surface area (Å²) >= 11 is 0. The van der Waals surface area contributed by atoms with Crippen molar-refractivity contribution in [2.24, 2.45) is 5.92 Å². The van der Waals surface area contributed by atoms with Crippen LogP contribution in [0.4, 0.5) is 4.79 Å². The minimum Gasteiger partial charge on any atom is -0.469 e. The van der Waals surface area contributed by atoms with Crippen LogP contribution in [0.1, 0.15) is 32.3 Å². The lowest BCUT2D eigenvalue weighted by atomic mass is 10.00. The SMILES string of the molecule is COC(=O)CC[C@@H](NN1C(=O)OC[C@@H]1Cc1ccccc1)C(C)C. The molecule has 1 aromatic carbocycles. The van der Waals surface area contributed by atoms with E-state index in [-0.39, 0.29) is 30.1 Å². The summed E-state index contributed by atoms with van der Waals surface area (Å²) in [6, 6.07) is 9.95. The van der Waals surface area contributed by atoms with E-state index in [0.29, 0.717) is 19.4 Å². The van der Waals surface area contributed by atoms with E-state index in [1.165, 1.54) is 7.11 Å². The molecule has 1 aromatic rings. The number of hydrazine groups is 1. The summed E-state index contributed by atoms with van der Waals surface area (Å²) in [6.45, 7) is 4.48. The van der Waals surface area contributed by atoms with E-state index in [4.69, 9.17) is 9.47 Å². The highest BCUT2D eigenvalue weighted by Gasteiger charge is 2.35. The number of carbonyl (C=O) groups excluding carboxylic acids is 2. The van der Waals surface area contributed by atoms with Crippen LogP contribution in [0.5, 0.6) is 0 Å². The van der Waals surface area contributed by atoms with Gasteiger partial charge in [-0.25, -0.2) is 15.2 Å². The van der Waals surface area contributed by atoms with Crippen LogP contribution in [0.3, 0.4) is 0 Å². The monoisotopic (exact) mass is 334 g/mol. The molecule has 6 heteroatoms. The van der Waals surface area contributed by atoms with E-state index in [2.05, 4.69) is 19.3 Å². The molecule has 1 saturated heterocycles. The smallest absolute Gasteiger partial charge is 0.424 e. The molecule has 0 radical (unpaired) electrons. The van der Waals surface area contributed by atoms with Gasteiger partial charge in [-0.3, -0.25) is 4.79 Å². The molecule has 0 aromatic heterocycles. The van der Waals surface area contributed by atoms with Gasteiger partial charge in [0, 0.05) is 12.5 Å². The number of ether oxygens (including phenoxy) is 2. The fraction of sp³-hybridized carbons (Fsp3) is 0.556. The maximum atomic E-state index is 12.1. The van der Waals surface area contributed by atoms with Crippen molar-refractivity contribution in [1.82, 2.24) is 10.4 Å². The van der Waals surface area contributed by atoms with Gasteiger partial charge in [-0.2, -0.15) is 0 Å². The maximum Gasteiger partial charge on any atom is 0.424 e. The third-order valence-corrected chi connectivity index (χ3v) is 4.27. The Bertz CT molecular complexity index is 547. The summed E-state index contributed by atoms with van der Waals surface area (Å²) < 4.78 is 9.91. The second-order valence-electron chi connectivity index (χ2n) is 6.38. The van der Waals surface area contributed by atoms with Crippen LogP contribution in [0.15, 0.2) is 30.3 Å². The Morgan fingerprint density at radius 1 is 1.38 bits per heavy atom. The molecule has 1 fully saturated rings. The largest absolute Gasteiger partial charge is 0.469 e. The van der Waals surface area contributed by atoms with Gasteiger partial charge in [-0.1, -0.05) is 44.2 Å². The summed E-state index contributed by atoms with van der Waals surface area (Å²) in [4.78, 5) is 23.5. The summed E-state index contributed by atoms with van der Waals surface area (Å²) in [6.07, 6.45) is 1.28. The summed E-state index contributed by atoms with van der Waals surface area (Å²) in [7, 11) is 1.38. The highest BCUT2D eigenvalue weighted by molar-refractivity contribution is 5.70. The first-order chi connectivity index (χ1) is 11.5. The molecule has 2 rings (SSSR count). The summed E-state index contributed by atoms with van der Waals surface area (Å²) in [5.74, 6) is 0.0210. The quantitative estimate of drug-likeness (QED) is 0.740. The van der Waals surface area contributed by atoms with Gasteiger partial charge in [-0.15, -0.1) is 0 Å². The topological polar surface area (TPSA) is 67.9 Å². The second kappa shape index (κ2) is 8.68. The predicted octanol–water partition coefficient (Wildman–Crippen LogP) is 2.53. The van der Waals surface area contributed by atoms with Crippen molar-refractivity contribution in [3.05, 3.63) is 35.9 Å². The van der Waals surface area contributed by atoms with E-state index >= 15 is 0 Å². The van der Waals surface area contributed by atoms with Crippen molar-refractivity contribution >= 4 is 12.1 Å². The van der Waals surface area contributed by atoms with Crippen LogP contribution in [0, 0.1) is 5.92 Å². The Kier molecular flexibility index (Phi) is 6.61. The van der Waals surface area contributed by atoms with Crippen LogP contribution in [-0.4, -0.2) is 42.9 Å². The average Bonchev–Trinajstić information content (AvgIpc) is 2.91. The highest BCUT2D eigenvalue weighted by Crippen LogP contribution is 2.18. The van der Waals surface area contributed by atoms with Crippen molar-refractivity contribution < 1.29 is 19.1 Å². The van der Waals surface area contributed by atoms with E-state index in [1.54, 1.807) is 5.01 Å². The summed E-state index contributed by atoms with van der Waals surface area (Å²) in [5.41, 5.74) is 4.42. The van der Waals surface area contributed by atoms with Gasteiger partial charge in [0.15, 0.2) is 0 Å². The van der Waals surface area contributed by atoms with Gasteiger partial charge in [0.1, 0.15) is 6.61 Å². The Morgan fingerprint density at radius 3 is 2.71 bits per heavy atom. The average molecular weight is 334 g/mol. The first-order valence-electron chi connectivity index (χ1n) is 8.34. The Labute approximate surface area is 143 Å². The van der Waals surface area contributed by atoms with Crippen LogP contribution >= 0.6 is 0 Å². The van der Waals surface area contributed by atoms with Crippen LogP contribution in [-0.2, 0) is 20.7 Å². The molecular formula is C18H26N2O4. The number of benzene rings is 1. The third-order valence-electron chi connectivity index (χ3n) is 4.27. The minimum atomic E-state index is -0.361. The molecule has 6 nitrogen and oxygen atoms in total. The molecule has 1 amide bonds. The molecule has 0 bridgehead atoms. The van der Waals surface area contributed by atoms with Gasteiger partial charge < -0.3 is 9.47 Å². The zero-order valence-corrected chi connectivity index (χ0v) is 14.5. The number of amides is 1. The van der Waals surface area contributed by atoms with Crippen LogP contribution < -0.4 is 5.43 Å².